The lowest BCUT2D eigenvalue weighted by molar-refractivity contribution is 0.878. The van der Waals surface area contributed by atoms with Crippen LogP contribution >= 0.6 is 0 Å². The van der Waals surface area contributed by atoms with Gasteiger partial charge in [-0.3, -0.25) is 0 Å². The van der Waals surface area contributed by atoms with Crippen LogP contribution in [0.4, 0.5) is 0 Å². The van der Waals surface area contributed by atoms with E-state index < -0.39 is 0 Å². The number of hydrogen-bond acceptors (Lipinski definition) is 0. The Morgan fingerprint density at radius 1 is 0.474 bits per heavy atom. The largest absolute Gasteiger partial charge is 0.0766 e. The molecule has 0 bridgehead atoms. The summed E-state index contributed by atoms with van der Waals surface area (Å²) in [6.07, 6.45) is 7.96. The summed E-state index contributed by atoms with van der Waals surface area (Å²) >= 11 is 0. The molecular weight excluding hydrogens is 456 g/mol. The Morgan fingerprint density at radius 2 is 1.03 bits per heavy atom. The molecule has 0 saturated heterocycles. The first-order valence-corrected chi connectivity index (χ1v) is 13.5. The van der Waals surface area contributed by atoms with Gasteiger partial charge in [0.1, 0.15) is 0 Å². The average Bonchev–Trinajstić information content (AvgIpc) is 3.00. The summed E-state index contributed by atoms with van der Waals surface area (Å²) in [6.45, 7) is 0. The highest BCUT2D eigenvalue weighted by Gasteiger charge is 2.21. The molecule has 0 amide bonds. The first-order valence-electron chi connectivity index (χ1n) is 13.5. The molecule has 0 N–H and O–H groups in total. The number of hydrogen-bond donors (Lipinski definition) is 0. The Kier molecular flexibility index (Phi) is 4.75. The van der Waals surface area contributed by atoms with E-state index >= 15 is 0 Å². The zero-order valence-corrected chi connectivity index (χ0v) is 21.1. The molecule has 0 saturated carbocycles. The molecule has 178 valence electrons. The molecule has 38 heavy (non-hydrogen) atoms. The summed E-state index contributed by atoms with van der Waals surface area (Å²) in [6, 6.07) is 44.7. The smallest absolute Gasteiger partial charge is 0.00680 e. The Labute approximate surface area is 222 Å². The quantitative estimate of drug-likeness (QED) is 0.215. The lowest BCUT2D eigenvalue weighted by Gasteiger charge is -2.23. The van der Waals surface area contributed by atoms with Gasteiger partial charge in [-0.1, -0.05) is 133 Å². The SMILES string of the molecule is C1=CC(c2cc3c4ccccc4c4ccccc4c3c3ccccc23)CC(c2cccc3ccccc23)=C1. The highest BCUT2D eigenvalue weighted by molar-refractivity contribution is 6.31. The van der Waals surface area contributed by atoms with Gasteiger partial charge in [0.2, 0.25) is 0 Å². The van der Waals surface area contributed by atoms with Gasteiger partial charge in [0, 0.05) is 5.92 Å². The third-order valence-electron chi connectivity index (χ3n) is 8.40. The lowest BCUT2D eigenvalue weighted by Crippen LogP contribution is -2.03. The van der Waals surface area contributed by atoms with E-state index in [1.54, 1.807) is 0 Å². The van der Waals surface area contributed by atoms with E-state index in [9.17, 15) is 0 Å². The minimum absolute atomic E-state index is 0.313. The molecule has 0 radical (unpaired) electrons. The Hall–Kier alpha value is -4.68. The van der Waals surface area contributed by atoms with Gasteiger partial charge >= 0.3 is 0 Å². The van der Waals surface area contributed by atoms with E-state index in [1.165, 1.54) is 70.6 Å². The van der Waals surface area contributed by atoms with Crippen LogP contribution in [0.25, 0.3) is 59.4 Å². The van der Waals surface area contributed by atoms with Gasteiger partial charge < -0.3 is 0 Å². The van der Waals surface area contributed by atoms with Crippen molar-refractivity contribution in [1.29, 1.82) is 0 Å². The van der Waals surface area contributed by atoms with Gasteiger partial charge in [0.05, 0.1) is 0 Å². The minimum Gasteiger partial charge on any atom is -0.0766 e. The second-order valence-electron chi connectivity index (χ2n) is 10.4. The average molecular weight is 483 g/mol. The van der Waals surface area contributed by atoms with Crippen LogP contribution in [0, 0.1) is 0 Å². The molecule has 0 heteroatoms. The second-order valence-corrected chi connectivity index (χ2v) is 10.4. The molecule has 7 aromatic rings. The van der Waals surface area contributed by atoms with Crippen LogP contribution in [0.15, 0.2) is 140 Å². The molecule has 8 rings (SSSR count). The zero-order valence-electron chi connectivity index (χ0n) is 21.1. The van der Waals surface area contributed by atoms with Crippen molar-refractivity contribution >= 4 is 59.4 Å². The zero-order chi connectivity index (χ0) is 25.1. The fourth-order valence-corrected chi connectivity index (χ4v) is 6.70. The van der Waals surface area contributed by atoms with Crippen molar-refractivity contribution in [3.05, 3.63) is 151 Å². The monoisotopic (exact) mass is 482 g/mol. The summed E-state index contributed by atoms with van der Waals surface area (Å²) in [5.74, 6) is 0.313. The topological polar surface area (TPSA) is 0 Å². The van der Waals surface area contributed by atoms with E-state index in [0.717, 1.165) is 6.42 Å². The van der Waals surface area contributed by atoms with Crippen molar-refractivity contribution in [2.75, 3.05) is 0 Å². The molecule has 0 spiro atoms. The maximum absolute atomic E-state index is 2.49. The minimum atomic E-state index is 0.313. The fourth-order valence-electron chi connectivity index (χ4n) is 6.70. The number of rotatable bonds is 2. The molecule has 0 heterocycles. The summed E-state index contributed by atoms with van der Waals surface area (Å²) in [5, 5.41) is 13.4. The van der Waals surface area contributed by atoms with Gasteiger partial charge in [-0.2, -0.15) is 0 Å². The predicted octanol–water partition coefficient (Wildman–Crippen LogP) is 10.6. The van der Waals surface area contributed by atoms with Crippen molar-refractivity contribution in [3.63, 3.8) is 0 Å². The van der Waals surface area contributed by atoms with Crippen molar-refractivity contribution < 1.29 is 0 Å². The van der Waals surface area contributed by atoms with E-state index in [2.05, 4.69) is 140 Å². The van der Waals surface area contributed by atoms with Crippen LogP contribution in [0.3, 0.4) is 0 Å². The summed E-state index contributed by atoms with van der Waals surface area (Å²) in [7, 11) is 0. The fraction of sp³-hybridized carbons (Fsp3) is 0.0526. The Balaban J connectivity index is 1.38. The Morgan fingerprint density at radius 3 is 1.79 bits per heavy atom. The van der Waals surface area contributed by atoms with Crippen LogP contribution in [0.2, 0.25) is 0 Å². The highest BCUT2D eigenvalue weighted by atomic mass is 14.2. The summed E-state index contributed by atoms with van der Waals surface area (Å²) < 4.78 is 0. The molecule has 7 aromatic carbocycles. The normalized spacial score (nSPS) is 15.6. The van der Waals surface area contributed by atoms with Crippen molar-refractivity contribution in [3.8, 4) is 0 Å². The van der Waals surface area contributed by atoms with Gasteiger partial charge in [-0.15, -0.1) is 0 Å². The van der Waals surface area contributed by atoms with Crippen molar-refractivity contribution in [2.24, 2.45) is 0 Å². The lowest BCUT2D eigenvalue weighted by atomic mass is 9.80. The molecule has 0 fully saturated rings. The van der Waals surface area contributed by atoms with E-state index in [4.69, 9.17) is 0 Å². The number of benzene rings is 7. The van der Waals surface area contributed by atoms with Gasteiger partial charge in [0.25, 0.3) is 0 Å². The third-order valence-corrected chi connectivity index (χ3v) is 8.40. The van der Waals surface area contributed by atoms with Crippen LogP contribution < -0.4 is 0 Å². The molecule has 0 nitrogen and oxygen atoms in total. The maximum Gasteiger partial charge on any atom is 0.00680 e. The number of allylic oxidation sites excluding steroid dienone is 4. The highest BCUT2D eigenvalue weighted by Crippen LogP contribution is 2.44. The van der Waals surface area contributed by atoms with E-state index in [-0.39, 0.29) is 0 Å². The maximum atomic E-state index is 2.49. The first kappa shape index (κ1) is 21.4. The summed E-state index contributed by atoms with van der Waals surface area (Å²) in [4.78, 5) is 0. The Bertz CT molecular complexity index is 2100. The van der Waals surface area contributed by atoms with Gasteiger partial charge in [-0.05, 0) is 83.0 Å². The molecule has 1 unspecified atom stereocenters. The standard InChI is InChI=1S/C38H26/c1-2-15-28-25(11-1)12-10-22-29(28)26-13-9-14-27(23-26)36-24-37-32-18-4-3-16-30(32)31-17-5-7-20-34(31)38(37)35-21-8-6-19-33(35)36/h1-22,24,27H,23H2. The van der Waals surface area contributed by atoms with Gasteiger partial charge in [0.15, 0.2) is 0 Å². The molecule has 1 aliphatic carbocycles. The van der Waals surface area contributed by atoms with Crippen LogP contribution in [-0.4, -0.2) is 0 Å². The number of fused-ring (bicyclic) bond motifs is 9. The molecule has 1 aliphatic rings. The first-order chi connectivity index (χ1) is 18.9. The molecule has 0 aromatic heterocycles. The molecular formula is C38H26. The van der Waals surface area contributed by atoms with Crippen LogP contribution in [0.5, 0.6) is 0 Å². The van der Waals surface area contributed by atoms with E-state index in [0.29, 0.717) is 5.92 Å². The van der Waals surface area contributed by atoms with Crippen LogP contribution in [-0.2, 0) is 0 Å². The van der Waals surface area contributed by atoms with Crippen LogP contribution in [0.1, 0.15) is 23.5 Å². The van der Waals surface area contributed by atoms with E-state index in [1.807, 2.05) is 0 Å². The molecule has 0 aliphatic heterocycles. The second kappa shape index (κ2) is 8.43. The third kappa shape index (κ3) is 3.17. The molecule has 1 atom stereocenters. The predicted molar refractivity (Wildman–Crippen MR) is 165 cm³/mol. The van der Waals surface area contributed by atoms with Crippen molar-refractivity contribution in [1.82, 2.24) is 0 Å². The van der Waals surface area contributed by atoms with Gasteiger partial charge in [-0.25, -0.2) is 0 Å². The van der Waals surface area contributed by atoms with Crippen molar-refractivity contribution in [2.45, 2.75) is 12.3 Å². The summed E-state index contributed by atoms with van der Waals surface area (Å²) in [5.41, 5.74) is 4.16.